The van der Waals surface area contributed by atoms with Gasteiger partial charge in [0, 0.05) is 12.6 Å². The smallest absolute Gasteiger partial charge is 0.236 e. The van der Waals surface area contributed by atoms with Crippen molar-refractivity contribution in [3.8, 4) is 5.75 Å². The number of hydrogen-bond acceptors (Lipinski definition) is 4. The SMILES string of the molecule is CC(C)CN1C(=O)C(C)(C)COc2cc(NS(=O)(=O)C3CC3)ccc21. The number of anilines is 2. The van der Waals surface area contributed by atoms with Crippen molar-refractivity contribution in [3.63, 3.8) is 0 Å². The molecule has 3 rings (SSSR count). The first-order chi connectivity index (χ1) is 11.6. The van der Waals surface area contributed by atoms with E-state index in [1.165, 1.54) is 0 Å². The Morgan fingerprint density at radius 1 is 1.32 bits per heavy atom. The Labute approximate surface area is 149 Å². The maximum atomic E-state index is 12.9. The predicted molar refractivity (Wildman–Crippen MR) is 98.5 cm³/mol. The first kappa shape index (κ1) is 18.0. The van der Waals surface area contributed by atoms with Gasteiger partial charge in [0.15, 0.2) is 0 Å². The molecular formula is C18H26N2O4S. The van der Waals surface area contributed by atoms with Crippen LogP contribution in [0.2, 0.25) is 0 Å². The molecule has 0 spiro atoms. The minimum atomic E-state index is -3.33. The van der Waals surface area contributed by atoms with E-state index in [4.69, 9.17) is 4.74 Å². The van der Waals surface area contributed by atoms with E-state index in [-0.39, 0.29) is 17.8 Å². The van der Waals surface area contributed by atoms with Crippen molar-refractivity contribution in [2.24, 2.45) is 11.3 Å². The van der Waals surface area contributed by atoms with Gasteiger partial charge in [-0.3, -0.25) is 9.52 Å². The summed E-state index contributed by atoms with van der Waals surface area (Å²) in [5, 5.41) is -0.287. The zero-order chi connectivity index (χ0) is 18.4. The monoisotopic (exact) mass is 366 g/mol. The molecule has 0 aromatic heterocycles. The second-order valence-electron chi connectivity index (χ2n) is 8.01. The van der Waals surface area contributed by atoms with Gasteiger partial charge < -0.3 is 9.64 Å². The van der Waals surface area contributed by atoms with E-state index in [0.29, 0.717) is 42.4 Å². The molecule has 0 saturated heterocycles. The zero-order valence-electron chi connectivity index (χ0n) is 15.2. The Bertz CT molecular complexity index is 782. The minimum Gasteiger partial charge on any atom is -0.490 e. The van der Waals surface area contributed by atoms with Crippen LogP contribution in [0.25, 0.3) is 0 Å². The van der Waals surface area contributed by atoms with Crippen LogP contribution in [0.15, 0.2) is 18.2 Å². The molecular weight excluding hydrogens is 340 g/mol. The van der Waals surface area contributed by atoms with Gasteiger partial charge in [-0.15, -0.1) is 0 Å². The Morgan fingerprint density at radius 2 is 2.00 bits per heavy atom. The Kier molecular flexibility index (Phi) is 4.47. The number of hydrogen-bond donors (Lipinski definition) is 1. The lowest BCUT2D eigenvalue weighted by atomic mass is 9.92. The minimum absolute atomic E-state index is 0.0197. The van der Waals surface area contributed by atoms with Crippen LogP contribution in [0.1, 0.15) is 40.5 Å². The average molecular weight is 366 g/mol. The van der Waals surface area contributed by atoms with E-state index in [2.05, 4.69) is 18.6 Å². The summed E-state index contributed by atoms with van der Waals surface area (Å²) in [4.78, 5) is 14.7. The zero-order valence-corrected chi connectivity index (χ0v) is 16.0. The van der Waals surface area contributed by atoms with Crippen LogP contribution in [0.4, 0.5) is 11.4 Å². The molecule has 1 aliphatic carbocycles. The second-order valence-corrected chi connectivity index (χ2v) is 9.97. The highest BCUT2D eigenvalue weighted by atomic mass is 32.2. The summed E-state index contributed by atoms with van der Waals surface area (Å²) in [7, 11) is -3.33. The molecule has 1 aliphatic heterocycles. The molecule has 1 heterocycles. The molecule has 7 heteroatoms. The van der Waals surface area contributed by atoms with Crippen LogP contribution in [-0.4, -0.2) is 32.7 Å². The number of rotatable bonds is 5. The van der Waals surface area contributed by atoms with E-state index < -0.39 is 15.4 Å². The molecule has 0 radical (unpaired) electrons. The molecule has 6 nitrogen and oxygen atoms in total. The molecule has 25 heavy (non-hydrogen) atoms. The van der Waals surface area contributed by atoms with Gasteiger partial charge in [-0.1, -0.05) is 13.8 Å². The summed E-state index contributed by atoms with van der Waals surface area (Å²) in [6.45, 7) is 8.70. The highest BCUT2D eigenvalue weighted by Crippen LogP contribution is 2.39. The third-order valence-electron chi connectivity index (χ3n) is 4.43. The fourth-order valence-corrected chi connectivity index (χ4v) is 4.26. The summed E-state index contributed by atoms with van der Waals surface area (Å²) < 4.78 is 32.8. The summed E-state index contributed by atoms with van der Waals surface area (Å²) in [5.74, 6) is 0.862. The molecule has 1 aromatic carbocycles. The van der Waals surface area contributed by atoms with E-state index in [0.717, 1.165) is 0 Å². The maximum absolute atomic E-state index is 12.9. The number of benzene rings is 1. The fourth-order valence-electron chi connectivity index (χ4n) is 2.88. The van der Waals surface area contributed by atoms with E-state index >= 15 is 0 Å². The van der Waals surface area contributed by atoms with Crippen LogP contribution >= 0.6 is 0 Å². The lowest BCUT2D eigenvalue weighted by Gasteiger charge is -2.29. The molecule has 1 saturated carbocycles. The first-order valence-corrected chi connectivity index (χ1v) is 10.3. The number of sulfonamides is 1. The number of nitrogens with one attached hydrogen (secondary N) is 1. The first-order valence-electron chi connectivity index (χ1n) is 8.70. The van der Waals surface area contributed by atoms with Gasteiger partial charge in [-0.25, -0.2) is 8.42 Å². The molecule has 0 bridgehead atoms. The number of amides is 1. The molecule has 1 aromatic rings. The highest BCUT2D eigenvalue weighted by Gasteiger charge is 2.39. The van der Waals surface area contributed by atoms with Gasteiger partial charge in [0.1, 0.15) is 12.4 Å². The highest BCUT2D eigenvalue weighted by molar-refractivity contribution is 7.93. The van der Waals surface area contributed by atoms with Crippen molar-refractivity contribution in [3.05, 3.63) is 18.2 Å². The molecule has 1 amide bonds. The summed E-state index contributed by atoms with van der Waals surface area (Å²) in [5.41, 5.74) is 0.530. The number of ether oxygens (including phenoxy) is 1. The normalized spacial score (nSPS) is 20.0. The van der Waals surface area contributed by atoms with Crippen molar-refractivity contribution >= 4 is 27.3 Å². The van der Waals surface area contributed by atoms with Crippen LogP contribution < -0.4 is 14.4 Å². The number of nitrogens with zero attached hydrogens (tertiary/aromatic N) is 1. The van der Waals surface area contributed by atoms with Crippen LogP contribution in [0.5, 0.6) is 5.75 Å². The van der Waals surface area contributed by atoms with Crippen molar-refractivity contribution < 1.29 is 17.9 Å². The van der Waals surface area contributed by atoms with E-state index in [9.17, 15) is 13.2 Å². The Hall–Kier alpha value is -1.76. The molecule has 138 valence electrons. The van der Waals surface area contributed by atoms with Gasteiger partial charge >= 0.3 is 0 Å². The van der Waals surface area contributed by atoms with Crippen LogP contribution in [0, 0.1) is 11.3 Å². The van der Waals surface area contributed by atoms with Gasteiger partial charge in [-0.05, 0) is 44.7 Å². The van der Waals surface area contributed by atoms with Crippen molar-refractivity contribution in [2.45, 2.75) is 45.8 Å². The molecule has 1 fully saturated rings. The standard InChI is InChI=1S/C18H26N2O4S/c1-12(2)10-20-15-8-5-13(19-25(22,23)14-6-7-14)9-16(15)24-11-18(3,4)17(20)21/h5,8-9,12,14,19H,6-7,10-11H2,1-4H3. The maximum Gasteiger partial charge on any atom is 0.236 e. The Morgan fingerprint density at radius 3 is 2.60 bits per heavy atom. The molecule has 2 aliphatic rings. The quantitative estimate of drug-likeness (QED) is 0.869. The van der Waals surface area contributed by atoms with Gasteiger partial charge in [-0.2, -0.15) is 0 Å². The number of carbonyl (C=O) groups is 1. The summed E-state index contributed by atoms with van der Waals surface area (Å²) in [6.07, 6.45) is 1.42. The predicted octanol–water partition coefficient (Wildman–Crippen LogP) is 3.00. The van der Waals surface area contributed by atoms with Crippen LogP contribution in [-0.2, 0) is 14.8 Å². The van der Waals surface area contributed by atoms with E-state index in [1.807, 2.05) is 13.8 Å². The molecule has 0 atom stereocenters. The summed E-state index contributed by atoms with van der Waals surface area (Å²) >= 11 is 0. The van der Waals surface area contributed by atoms with Gasteiger partial charge in [0.05, 0.1) is 22.0 Å². The van der Waals surface area contributed by atoms with Crippen molar-refractivity contribution in [2.75, 3.05) is 22.8 Å². The lowest BCUT2D eigenvalue weighted by Crippen LogP contribution is -2.43. The van der Waals surface area contributed by atoms with Crippen molar-refractivity contribution in [1.82, 2.24) is 0 Å². The third kappa shape index (κ3) is 3.76. The topological polar surface area (TPSA) is 75.7 Å². The van der Waals surface area contributed by atoms with Crippen molar-refractivity contribution in [1.29, 1.82) is 0 Å². The van der Waals surface area contributed by atoms with Gasteiger partial charge in [0.25, 0.3) is 0 Å². The lowest BCUT2D eigenvalue weighted by molar-refractivity contribution is -0.127. The van der Waals surface area contributed by atoms with E-state index in [1.54, 1.807) is 23.1 Å². The second kappa shape index (κ2) is 6.20. The molecule has 1 N–H and O–H groups in total. The number of fused-ring (bicyclic) bond motifs is 1. The summed E-state index contributed by atoms with van der Waals surface area (Å²) in [6, 6.07) is 5.14. The molecule has 0 unspecified atom stereocenters. The van der Waals surface area contributed by atoms with Gasteiger partial charge in [0.2, 0.25) is 15.9 Å². The Balaban J connectivity index is 1.95. The van der Waals surface area contributed by atoms with Crippen LogP contribution in [0.3, 0.4) is 0 Å². The largest absolute Gasteiger partial charge is 0.490 e. The average Bonchev–Trinajstić information content (AvgIpc) is 3.35. The fraction of sp³-hybridized carbons (Fsp3) is 0.611. The third-order valence-corrected chi connectivity index (χ3v) is 6.30. The number of carbonyl (C=O) groups excluding carboxylic acids is 1.